The van der Waals surface area contributed by atoms with Crippen LogP contribution in [-0.2, 0) is 11.3 Å². The van der Waals surface area contributed by atoms with Gasteiger partial charge in [0, 0.05) is 31.7 Å². The molecule has 8 heteroatoms. The van der Waals surface area contributed by atoms with Crippen LogP contribution in [0.3, 0.4) is 0 Å². The molecule has 0 aromatic heterocycles. The second kappa shape index (κ2) is 9.78. The normalized spacial score (nSPS) is 19.2. The van der Waals surface area contributed by atoms with Crippen LogP contribution in [0.25, 0.3) is 0 Å². The number of methoxy groups -OCH3 is 1. The molecule has 166 valence electrons. The average molecular weight is 430 g/mol. The second-order valence-electron chi connectivity index (χ2n) is 7.76. The van der Waals surface area contributed by atoms with Gasteiger partial charge in [0.25, 0.3) is 5.91 Å². The first-order valence-electron chi connectivity index (χ1n) is 10.1. The zero-order chi connectivity index (χ0) is 22.5. The molecule has 0 spiro atoms. The molecule has 0 radical (unpaired) electrons. The molecule has 0 aliphatic carbocycles. The summed E-state index contributed by atoms with van der Waals surface area (Å²) in [5, 5.41) is 9.09. The first kappa shape index (κ1) is 22.6. The number of piperazine rings is 1. The summed E-state index contributed by atoms with van der Waals surface area (Å²) in [6.07, 6.45) is 0. The minimum Gasteiger partial charge on any atom is -0.493 e. The third kappa shape index (κ3) is 5.52. The van der Waals surface area contributed by atoms with E-state index >= 15 is 0 Å². The van der Waals surface area contributed by atoms with Crippen LogP contribution in [0, 0.1) is 5.82 Å². The van der Waals surface area contributed by atoms with E-state index in [-0.39, 0.29) is 41.7 Å². The van der Waals surface area contributed by atoms with Crippen molar-refractivity contribution in [2.45, 2.75) is 32.5 Å². The predicted octanol–water partition coefficient (Wildman–Crippen LogP) is 3.03. The summed E-state index contributed by atoms with van der Waals surface area (Å²) < 4.78 is 24.0. The van der Waals surface area contributed by atoms with Crippen molar-refractivity contribution in [1.29, 1.82) is 0 Å². The summed E-state index contributed by atoms with van der Waals surface area (Å²) in [4.78, 5) is 28.0. The molecule has 1 amide bonds. The quantitative estimate of drug-likeness (QED) is 0.728. The van der Waals surface area contributed by atoms with Gasteiger partial charge in [-0.2, -0.15) is 0 Å². The number of benzene rings is 2. The van der Waals surface area contributed by atoms with Gasteiger partial charge in [-0.15, -0.1) is 0 Å². The van der Waals surface area contributed by atoms with E-state index in [1.807, 2.05) is 6.92 Å². The molecule has 1 saturated heterocycles. The van der Waals surface area contributed by atoms with Crippen molar-refractivity contribution in [3.8, 4) is 11.5 Å². The standard InChI is InChI=1S/C23H27FN2O5/c1-15-12-26(16(2)11-25(15)13-17-4-7-19(24)8-5-17)22(27)14-31-20-9-6-18(23(28)29)10-21(20)30-3/h4-10,15-16H,11-14H2,1-3H3,(H,28,29)/t15-,16+/m1/s1. The predicted molar refractivity (Wildman–Crippen MR) is 113 cm³/mol. The number of nitrogens with zero attached hydrogens (tertiary/aromatic N) is 2. The van der Waals surface area contributed by atoms with Gasteiger partial charge in [-0.05, 0) is 49.7 Å². The van der Waals surface area contributed by atoms with Crippen LogP contribution < -0.4 is 9.47 Å². The number of carbonyl (C=O) groups excluding carboxylic acids is 1. The summed E-state index contributed by atoms with van der Waals surface area (Å²) in [6.45, 7) is 5.82. The third-order valence-corrected chi connectivity index (χ3v) is 5.50. The molecule has 2 aromatic rings. The van der Waals surface area contributed by atoms with E-state index < -0.39 is 5.97 Å². The average Bonchev–Trinajstić information content (AvgIpc) is 2.75. The number of amides is 1. The molecule has 0 bridgehead atoms. The maximum absolute atomic E-state index is 13.1. The maximum Gasteiger partial charge on any atom is 0.335 e. The Kier molecular flexibility index (Phi) is 7.12. The number of carboxylic acids is 1. The van der Waals surface area contributed by atoms with E-state index in [2.05, 4.69) is 11.8 Å². The zero-order valence-corrected chi connectivity index (χ0v) is 17.9. The molecular weight excluding hydrogens is 403 g/mol. The Bertz CT molecular complexity index is 934. The Morgan fingerprint density at radius 2 is 1.77 bits per heavy atom. The molecular formula is C23H27FN2O5. The van der Waals surface area contributed by atoms with Crippen molar-refractivity contribution in [3.05, 3.63) is 59.4 Å². The van der Waals surface area contributed by atoms with Crippen molar-refractivity contribution < 1.29 is 28.6 Å². The van der Waals surface area contributed by atoms with Crippen LogP contribution in [-0.4, -0.2) is 65.7 Å². The molecule has 1 aliphatic rings. The van der Waals surface area contributed by atoms with Gasteiger partial charge in [0.15, 0.2) is 18.1 Å². The van der Waals surface area contributed by atoms with Crippen LogP contribution in [0.5, 0.6) is 11.5 Å². The number of aromatic carboxylic acids is 1. The largest absolute Gasteiger partial charge is 0.493 e. The van der Waals surface area contributed by atoms with E-state index in [4.69, 9.17) is 14.6 Å². The number of hydrogen-bond donors (Lipinski definition) is 1. The fraction of sp³-hybridized carbons (Fsp3) is 0.391. The highest BCUT2D eigenvalue weighted by atomic mass is 19.1. The molecule has 0 saturated carbocycles. The molecule has 1 heterocycles. The van der Waals surface area contributed by atoms with Gasteiger partial charge in [0.2, 0.25) is 0 Å². The van der Waals surface area contributed by atoms with Crippen molar-refractivity contribution >= 4 is 11.9 Å². The van der Waals surface area contributed by atoms with E-state index in [9.17, 15) is 14.0 Å². The Morgan fingerprint density at radius 1 is 1.06 bits per heavy atom. The van der Waals surface area contributed by atoms with Crippen molar-refractivity contribution in [2.75, 3.05) is 26.8 Å². The lowest BCUT2D eigenvalue weighted by Crippen LogP contribution is -2.58. The van der Waals surface area contributed by atoms with E-state index in [1.54, 1.807) is 17.0 Å². The van der Waals surface area contributed by atoms with Crippen LogP contribution in [0.1, 0.15) is 29.8 Å². The number of rotatable bonds is 7. The number of ether oxygens (including phenoxy) is 2. The molecule has 2 aromatic carbocycles. The van der Waals surface area contributed by atoms with Gasteiger partial charge < -0.3 is 19.5 Å². The molecule has 1 aliphatic heterocycles. The van der Waals surface area contributed by atoms with Crippen molar-refractivity contribution in [1.82, 2.24) is 9.80 Å². The SMILES string of the molecule is COc1cc(C(=O)O)ccc1OCC(=O)N1C[C@@H](C)N(Cc2ccc(F)cc2)C[C@@H]1C. The van der Waals surface area contributed by atoms with E-state index in [0.29, 0.717) is 25.4 Å². The molecule has 1 fully saturated rings. The Balaban J connectivity index is 1.59. The second-order valence-corrected chi connectivity index (χ2v) is 7.76. The minimum atomic E-state index is -1.07. The lowest BCUT2D eigenvalue weighted by Gasteiger charge is -2.44. The van der Waals surface area contributed by atoms with Gasteiger partial charge in [0.05, 0.1) is 12.7 Å². The van der Waals surface area contributed by atoms with E-state index in [0.717, 1.165) is 5.56 Å². The fourth-order valence-corrected chi connectivity index (χ4v) is 3.73. The lowest BCUT2D eigenvalue weighted by molar-refractivity contribution is -0.139. The third-order valence-electron chi connectivity index (χ3n) is 5.50. The Hall–Kier alpha value is -3.13. The van der Waals surface area contributed by atoms with Crippen LogP contribution in [0.4, 0.5) is 4.39 Å². The van der Waals surface area contributed by atoms with Gasteiger partial charge >= 0.3 is 5.97 Å². The Labute approximate surface area is 181 Å². The highest BCUT2D eigenvalue weighted by molar-refractivity contribution is 5.88. The first-order chi connectivity index (χ1) is 14.8. The number of carbonyl (C=O) groups is 2. The number of carboxylic acid groups (broad SMARTS) is 1. The van der Waals surface area contributed by atoms with E-state index in [1.165, 1.54) is 37.4 Å². The van der Waals surface area contributed by atoms with Gasteiger partial charge in [-0.1, -0.05) is 12.1 Å². The summed E-state index contributed by atoms with van der Waals surface area (Å²) in [5.41, 5.74) is 1.11. The van der Waals surface area contributed by atoms with Crippen molar-refractivity contribution in [2.24, 2.45) is 0 Å². The van der Waals surface area contributed by atoms with Crippen LogP contribution >= 0.6 is 0 Å². The minimum absolute atomic E-state index is 0.0102. The summed E-state index contributed by atoms with van der Waals surface area (Å²) in [7, 11) is 1.42. The summed E-state index contributed by atoms with van der Waals surface area (Å²) in [5.74, 6) is -0.892. The Morgan fingerprint density at radius 3 is 2.42 bits per heavy atom. The maximum atomic E-state index is 13.1. The van der Waals surface area contributed by atoms with Gasteiger partial charge in [-0.3, -0.25) is 9.69 Å². The van der Waals surface area contributed by atoms with Crippen molar-refractivity contribution in [3.63, 3.8) is 0 Å². The molecule has 0 unspecified atom stereocenters. The monoisotopic (exact) mass is 430 g/mol. The molecule has 3 rings (SSSR count). The smallest absolute Gasteiger partial charge is 0.335 e. The van der Waals surface area contributed by atoms with Crippen LogP contribution in [0.15, 0.2) is 42.5 Å². The lowest BCUT2D eigenvalue weighted by atomic mass is 10.1. The first-order valence-corrected chi connectivity index (χ1v) is 10.1. The highest BCUT2D eigenvalue weighted by Gasteiger charge is 2.32. The highest BCUT2D eigenvalue weighted by Crippen LogP contribution is 2.28. The number of halogens is 1. The molecule has 31 heavy (non-hydrogen) atoms. The van der Waals surface area contributed by atoms with Gasteiger partial charge in [-0.25, -0.2) is 9.18 Å². The van der Waals surface area contributed by atoms with Gasteiger partial charge in [0.1, 0.15) is 5.82 Å². The fourth-order valence-electron chi connectivity index (χ4n) is 3.73. The van der Waals surface area contributed by atoms with Crippen LogP contribution in [0.2, 0.25) is 0 Å². The molecule has 7 nitrogen and oxygen atoms in total. The summed E-state index contributed by atoms with van der Waals surface area (Å²) in [6, 6.07) is 10.9. The topological polar surface area (TPSA) is 79.3 Å². The molecule has 1 N–H and O–H groups in total. The molecule has 2 atom stereocenters. The summed E-state index contributed by atoms with van der Waals surface area (Å²) >= 11 is 0. The number of hydrogen-bond acceptors (Lipinski definition) is 5. The zero-order valence-electron chi connectivity index (χ0n) is 17.9.